The molecule has 0 aliphatic carbocycles. The number of amides is 1. The number of nitrogens with zero attached hydrogens (tertiary/aromatic N) is 2. The molecule has 1 amide bonds. The highest BCUT2D eigenvalue weighted by molar-refractivity contribution is 5.86. The van der Waals surface area contributed by atoms with Crippen molar-refractivity contribution in [2.45, 2.75) is 31.3 Å². The normalized spacial score (nSPS) is 20.8. The Bertz CT molecular complexity index is 646. The quantitative estimate of drug-likeness (QED) is 0.839. The minimum atomic E-state index is -0.374. The molecule has 0 unspecified atom stereocenters. The highest BCUT2D eigenvalue weighted by atomic mass is 16.5. The molecule has 2 heterocycles. The Morgan fingerprint density at radius 1 is 1.04 bits per heavy atom. The van der Waals surface area contributed by atoms with Crippen LogP contribution >= 0.6 is 0 Å². The van der Waals surface area contributed by atoms with Crippen molar-refractivity contribution >= 4 is 5.91 Å². The van der Waals surface area contributed by atoms with Crippen LogP contribution in [0.25, 0.3) is 0 Å². The molecule has 3 rings (SSSR count). The topological polar surface area (TPSA) is 63.3 Å². The maximum atomic E-state index is 12.7. The zero-order valence-electron chi connectivity index (χ0n) is 16.8. The summed E-state index contributed by atoms with van der Waals surface area (Å²) in [5, 5.41) is 3.10. The van der Waals surface area contributed by atoms with Gasteiger partial charge in [-0.3, -0.25) is 14.6 Å². The van der Waals surface area contributed by atoms with Gasteiger partial charge in [-0.2, -0.15) is 0 Å². The average Bonchev–Trinajstić information content (AvgIpc) is 2.83. The molecule has 7 heteroatoms. The molecule has 2 saturated heterocycles. The van der Waals surface area contributed by atoms with E-state index in [1.54, 1.807) is 21.3 Å². The Kier molecular flexibility index (Phi) is 6.11. The van der Waals surface area contributed by atoms with Gasteiger partial charge in [-0.25, -0.2) is 0 Å². The Hall–Kier alpha value is -1.99. The summed E-state index contributed by atoms with van der Waals surface area (Å²) in [4.78, 5) is 17.3. The summed E-state index contributed by atoms with van der Waals surface area (Å²) >= 11 is 0. The van der Waals surface area contributed by atoms with Gasteiger partial charge in [0.2, 0.25) is 5.91 Å². The lowest BCUT2D eigenvalue weighted by Gasteiger charge is -2.45. The van der Waals surface area contributed by atoms with Gasteiger partial charge in [0.05, 0.1) is 26.9 Å². The van der Waals surface area contributed by atoms with Crippen LogP contribution in [0.15, 0.2) is 12.1 Å². The van der Waals surface area contributed by atoms with E-state index in [4.69, 9.17) is 14.2 Å². The first-order valence-corrected chi connectivity index (χ1v) is 9.55. The number of hydrogen-bond acceptors (Lipinski definition) is 6. The first-order chi connectivity index (χ1) is 13.0. The lowest BCUT2D eigenvalue weighted by Crippen LogP contribution is -2.60. The fraction of sp³-hybridized carbons (Fsp3) is 0.650. The van der Waals surface area contributed by atoms with Gasteiger partial charge in [0.1, 0.15) is 22.8 Å². The van der Waals surface area contributed by atoms with Crippen molar-refractivity contribution in [2.75, 3.05) is 54.6 Å². The maximum absolute atomic E-state index is 12.7. The number of hydrogen-bond donors (Lipinski definition) is 1. The number of piperidine rings is 1. The summed E-state index contributed by atoms with van der Waals surface area (Å²) in [6.45, 7) is 4.16. The number of likely N-dealkylation sites (N-methyl/N-ethyl adjacent to an activating group) is 1. The molecule has 0 bridgehead atoms. The second-order valence-electron chi connectivity index (χ2n) is 7.35. The molecule has 7 nitrogen and oxygen atoms in total. The van der Waals surface area contributed by atoms with Crippen LogP contribution in [0.5, 0.6) is 17.2 Å². The maximum Gasteiger partial charge on any atom is 0.240 e. The van der Waals surface area contributed by atoms with E-state index in [1.807, 2.05) is 12.1 Å². The third kappa shape index (κ3) is 3.84. The van der Waals surface area contributed by atoms with Crippen LogP contribution in [0, 0.1) is 0 Å². The van der Waals surface area contributed by atoms with Crippen molar-refractivity contribution in [3.05, 3.63) is 17.7 Å². The molecule has 27 heavy (non-hydrogen) atoms. The smallest absolute Gasteiger partial charge is 0.240 e. The number of ether oxygens (including phenoxy) is 3. The van der Waals surface area contributed by atoms with Crippen LogP contribution in [0.3, 0.4) is 0 Å². The molecule has 150 valence electrons. The van der Waals surface area contributed by atoms with Crippen molar-refractivity contribution in [1.82, 2.24) is 15.1 Å². The number of methoxy groups -OCH3 is 3. The Balaban J connectivity index is 1.75. The SMILES string of the molecule is COc1cc(OC)c(CN2CCC3(CC2)C(=O)NCCCN3C)c(OC)c1. The first kappa shape index (κ1) is 19.8. The lowest BCUT2D eigenvalue weighted by atomic mass is 9.85. The summed E-state index contributed by atoms with van der Waals surface area (Å²) in [7, 11) is 7.03. The van der Waals surface area contributed by atoms with Crippen molar-refractivity contribution < 1.29 is 19.0 Å². The van der Waals surface area contributed by atoms with Crippen LogP contribution in [0.4, 0.5) is 0 Å². The zero-order chi connectivity index (χ0) is 19.4. The zero-order valence-corrected chi connectivity index (χ0v) is 16.8. The molecular formula is C20H31N3O4. The van der Waals surface area contributed by atoms with Gasteiger partial charge < -0.3 is 19.5 Å². The molecule has 1 spiro atoms. The van der Waals surface area contributed by atoms with E-state index < -0.39 is 0 Å². The van der Waals surface area contributed by atoms with Crippen molar-refractivity contribution in [1.29, 1.82) is 0 Å². The molecule has 2 fully saturated rings. The minimum absolute atomic E-state index is 0.182. The standard InChI is InChI=1S/C20H31N3O4/c1-22-9-5-8-21-19(24)20(22)6-10-23(11-7-20)14-16-17(26-3)12-15(25-2)13-18(16)27-4/h12-13H,5-11,14H2,1-4H3,(H,21,24). The number of likely N-dealkylation sites (tertiary alicyclic amines) is 1. The predicted molar refractivity (Wildman–Crippen MR) is 104 cm³/mol. The molecule has 2 aliphatic heterocycles. The second kappa shape index (κ2) is 8.35. The van der Waals surface area contributed by atoms with Crippen LogP contribution in [0.2, 0.25) is 0 Å². The van der Waals surface area contributed by atoms with Gasteiger partial charge in [-0.1, -0.05) is 0 Å². The van der Waals surface area contributed by atoms with Crippen LogP contribution in [-0.4, -0.2) is 75.8 Å². The monoisotopic (exact) mass is 377 g/mol. The van der Waals surface area contributed by atoms with E-state index >= 15 is 0 Å². The Morgan fingerprint density at radius 3 is 2.22 bits per heavy atom. The average molecular weight is 377 g/mol. The largest absolute Gasteiger partial charge is 0.496 e. The Labute approximate surface area is 161 Å². The minimum Gasteiger partial charge on any atom is -0.496 e. The van der Waals surface area contributed by atoms with Crippen LogP contribution in [0.1, 0.15) is 24.8 Å². The third-order valence-electron chi connectivity index (χ3n) is 5.99. The van der Waals surface area contributed by atoms with Crippen molar-refractivity contribution in [3.8, 4) is 17.2 Å². The summed E-state index contributed by atoms with van der Waals surface area (Å²) in [5.41, 5.74) is 0.636. The molecule has 2 aliphatic rings. The van der Waals surface area contributed by atoms with E-state index in [1.165, 1.54) is 0 Å². The highest BCUT2D eigenvalue weighted by Crippen LogP contribution is 2.37. The molecule has 0 radical (unpaired) electrons. The molecule has 1 aromatic carbocycles. The van der Waals surface area contributed by atoms with E-state index in [0.717, 1.165) is 69.0 Å². The number of benzene rings is 1. The van der Waals surface area contributed by atoms with Crippen molar-refractivity contribution in [3.63, 3.8) is 0 Å². The summed E-state index contributed by atoms with van der Waals surface area (Å²) < 4.78 is 16.5. The van der Waals surface area contributed by atoms with Crippen molar-refractivity contribution in [2.24, 2.45) is 0 Å². The summed E-state index contributed by atoms with van der Waals surface area (Å²) in [6, 6.07) is 3.77. The van der Waals surface area contributed by atoms with Gasteiger partial charge in [0.25, 0.3) is 0 Å². The fourth-order valence-corrected chi connectivity index (χ4v) is 4.22. The number of carbonyl (C=O) groups excluding carboxylic acids is 1. The number of nitrogens with one attached hydrogen (secondary N) is 1. The van der Waals surface area contributed by atoms with Gasteiger partial charge in [0, 0.05) is 44.9 Å². The second-order valence-corrected chi connectivity index (χ2v) is 7.35. The van der Waals surface area contributed by atoms with E-state index in [9.17, 15) is 4.79 Å². The fourth-order valence-electron chi connectivity index (χ4n) is 4.22. The predicted octanol–water partition coefficient (Wildman–Crippen LogP) is 1.50. The molecule has 1 N–H and O–H groups in total. The molecule has 0 atom stereocenters. The number of rotatable bonds is 5. The first-order valence-electron chi connectivity index (χ1n) is 9.55. The van der Waals surface area contributed by atoms with Crippen LogP contribution < -0.4 is 19.5 Å². The number of carbonyl (C=O) groups is 1. The van der Waals surface area contributed by atoms with Gasteiger partial charge in [-0.05, 0) is 26.3 Å². The molecule has 0 saturated carbocycles. The molecular weight excluding hydrogens is 346 g/mol. The molecule has 0 aromatic heterocycles. The van der Waals surface area contributed by atoms with E-state index in [0.29, 0.717) is 5.75 Å². The van der Waals surface area contributed by atoms with Gasteiger partial charge in [-0.15, -0.1) is 0 Å². The van der Waals surface area contributed by atoms with Gasteiger partial charge in [0.15, 0.2) is 0 Å². The third-order valence-corrected chi connectivity index (χ3v) is 5.99. The summed E-state index contributed by atoms with van der Waals surface area (Å²) in [5.74, 6) is 2.41. The van der Waals surface area contributed by atoms with E-state index in [-0.39, 0.29) is 11.4 Å². The van der Waals surface area contributed by atoms with E-state index in [2.05, 4.69) is 22.2 Å². The van der Waals surface area contributed by atoms with Crippen LogP contribution in [-0.2, 0) is 11.3 Å². The molecule has 1 aromatic rings. The highest BCUT2D eigenvalue weighted by Gasteiger charge is 2.45. The Morgan fingerprint density at radius 2 is 1.67 bits per heavy atom. The lowest BCUT2D eigenvalue weighted by molar-refractivity contribution is -0.134. The van der Waals surface area contributed by atoms with Gasteiger partial charge >= 0.3 is 0 Å². The summed E-state index contributed by atoms with van der Waals surface area (Å²) in [6.07, 6.45) is 2.67.